The summed E-state index contributed by atoms with van der Waals surface area (Å²) in [5.74, 6) is -0.185. The third kappa shape index (κ3) is 3.42. The number of rotatable bonds is 3. The van der Waals surface area contributed by atoms with E-state index in [1.54, 1.807) is 4.90 Å². The highest BCUT2D eigenvalue weighted by molar-refractivity contribution is 5.98. The molecule has 0 radical (unpaired) electrons. The number of nitrogens with two attached hydrogens (primary N) is 1. The molecule has 7 heteroatoms. The molecule has 106 valence electrons. The Morgan fingerprint density at radius 2 is 1.95 bits per heavy atom. The van der Waals surface area contributed by atoms with Gasteiger partial charge < -0.3 is 10.6 Å². The number of amides is 1. The Labute approximate surface area is 110 Å². The van der Waals surface area contributed by atoms with E-state index < -0.39 is 13.0 Å². The van der Waals surface area contributed by atoms with Gasteiger partial charge in [-0.2, -0.15) is 5.10 Å². The van der Waals surface area contributed by atoms with Gasteiger partial charge in [-0.15, -0.1) is 0 Å². The first-order valence-corrected chi connectivity index (χ1v) is 6.48. The van der Waals surface area contributed by atoms with Crippen molar-refractivity contribution in [2.24, 2.45) is 0 Å². The van der Waals surface area contributed by atoms with Crippen molar-refractivity contribution in [1.82, 2.24) is 14.7 Å². The minimum Gasteiger partial charge on any atom is -0.382 e. The highest BCUT2D eigenvalue weighted by atomic mass is 19.3. The summed E-state index contributed by atoms with van der Waals surface area (Å²) in [7, 11) is 0. The van der Waals surface area contributed by atoms with Crippen LogP contribution in [-0.4, -0.2) is 40.1 Å². The zero-order valence-corrected chi connectivity index (χ0v) is 10.7. The van der Waals surface area contributed by atoms with Gasteiger partial charge in [-0.1, -0.05) is 12.8 Å². The van der Waals surface area contributed by atoms with Gasteiger partial charge in [0.1, 0.15) is 12.1 Å². The van der Waals surface area contributed by atoms with Crippen LogP contribution < -0.4 is 5.73 Å². The number of anilines is 1. The van der Waals surface area contributed by atoms with Crippen LogP contribution in [0, 0.1) is 0 Å². The fraction of sp³-hybridized carbons (Fsp3) is 0.667. The second-order valence-corrected chi connectivity index (χ2v) is 4.75. The van der Waals surface area contributed by atoms with Crippen LogP contribution in [-0.2, 0) is 6.54 Å². The number of nitrogens with zero attached hydrogens (tertiary/aromatic N) is 3. The van der Waals surface area contributed by atoms with E-state index in [4.69, 9.17) is 5.73 Å². The molecule has 1 aliphatic heterocycles. The third-order valence-corrected chi connectivity index (χ3v) is 3.24. The highest BCUT2D eigenvalue weighted by Gasteiger charge is 2.22. The van der Waals surface area contributed by atoms with E-state index in [0.717, 1.165) is 30.4 Å². The minimum atomic E-state index is -2.51. The zero-order valence-electron chi connectivity index (χ0n) is 10.7. The van der Waals surface area contributed by atoms with Gasteiger partial charge in [-0.3, -0.25) is 9.48 Å². The van der Waals surface area contributed by atoms with Gasteiger partial charge in [0, 0.05) is 19.3 Å². The molecular weight excluding hydrogens is 254 g/mol. The number of carbonyl (C=O) groups excluding carboxylic acids is 1. The fourth-order valence-electron chi connectivity index (χ4n) is 2.28. The van der Waals surface area contributed by atoms with Crippen molar-refractivity contribution in [1.29, 1.82) is 0 Å². The van der Waals surface area contributed by atoms with Crippen LogP contribution in [0.1, 0.15) is 36.0 Å². The van der Waals surface area contributed by atoms with Crippen molar-refractivity contribution in [3.05, 3.63) is 11.8 Å². The average Bonchev–Trinajstić information content (AvgIpc) is 2.57. The van der Waals surface area contributed by atoms with Gasteiger partial charge in [0.2, 0.25) is 0 Å². The molecule has 19 heavy (non-hydrogen) atoms. The van der Waals surface area contributed by atoms with E-state index in [0.29, 0.717) is 13.1 Å². The Hall–Kier alpha value is -1.66. The minimum absolute atomic E-state index is 0.0231. The van der Waals surface area contributed by atoms with Gasteiger partial charge >= 0.3 is 0 Å². The third-order valence-electron chi connectivity index (χ3n) is 3.24. The van der Waals surface area contributed by atoms with Gasteiger partial charge in [-0.25, -0.2) is 8.78 Å². The van der Waals surface area contributed by atoms with E-state index in [9.17, 15) is 13.6 Å². The Balaban J connectivity index is 2.11. The Bertz CT molecular complexity index is 439. The maximum Gasteiger partial charge on any atom is 0.259 e. The lowest BCUT2D eigenvalue weighted by Crippen LogP contribution is -2.32. The quantitative estimate of drug-likeness (QED) is 0.911. The second-order valence-electron chi connectivity index (χ2n) is 4.75. The molecule has 0 aliphatic carbocycles. The molecule has 2 N–H and O–H groups in total. The van der Waals surface area contributed by atoms with E-state index >= 15 is 0 Å². The molecule has 1 saturated heterocycles. The van der Waals surface area contributed by atoms with Gasteiger partial charge in [0.15, 0.2) is 5.82 Å². The monoisotopic (exact) mass is 272 g/mol. The number of likely N-dealkylation sites (tertiary alicyclic amines) is 1. The van der Waals surface area contributed by atoms with Crippen LogP contribution in [0.15, 0.2) is 6.20 Å². The van der Waals surface area contributed by atoms with E-state index in [1.807, 2.05) is 0 Å². The van der Waals surface area contributed by atoms with Crippen molar-refractivity contribution in [2.75, 3.05) is 18.8 Å². The van der Waals surface area contributed by atoms with Crippen LogP contribution in [0.2, 0.25) is 0 Å². The maximum absolute atomic E-state index is 12.3. The summed E-state index contributed by atoms with van der Waals surface area (Å²) in [5.41, 5.74) is 5.86. The zero-order chi connectivity index (χ0) is 13.8. The van der Waals surface area contributed by atoms with Crippen molar-refractivity contribution < 1.29 is 13.6 Å². The Kier molecular flexibility index (Phi) is 4.34. The van der Waals surface area contributed by atoms with E-state index in [2.05, 4.69) is 5.10 Å². The molecule has 2 rings (SSSR count). The summed E-state index contributed by atoms with van der Waals surface area (Å²) in [6.07, 6.45) is 2.97. The molecule has 1 aliphatic rings. The molecule has 0 unspecified atom stereocenters. The van der Waals surface area contributed by atoms with Crippen LogP contribution >= 0.6 is 0 Å². The summed E-state index contributed by atoms with van der Waals surface area (Å²) >= 11 is 0. The number of alkyl halides is 2. The van der Waals surface area contributed by atoms with E-state index in [1.165, 1.54) is 6.20 Å². The van der Waals surface area contributed by atoms with Gasteiger partial charge in [0.05, 0.1) is 0 Å². The number of nitrogen functional groups attached to an aromatic ring is 1. The molecule has 1 aromatic heterocycles. The molecule has 5 nitrogen and oxygen atoms in total. The Morgan fingerprint density at radius 3 is 2.53 bits per heavy atom. The van der Waals surface area contributed by atoms with Crippen molar-refractivity contribution in [3.63, 3.8) is 0 Å². The lowest BCUT2D eigenvalue weighted by molar-refractivity contribution is 0.0761. The molecule has 1 aromatic rings. The lowest BCUT2D eigenvalue weighted by Gasteiger charge is -2.19. The fourth-order valence-corrected chi connectivity index (χ4v) is 2.28. The van der Waals surface area contributed by atoms with E-state index in [-0.39, 0.29) is 17.3 Å². The molecule has 2 heterocycles. The molecule has 0 atom stereocenters. The van der Waals surface area contributed by atoms with Crippen LogP contribution in [0.4, 0.5) is 14.6 Å². The maximum atomic E-state index is 12.3. The van der Waals surface area contributed by atoms with Crippen LogP contribution in [0.5, 0.6) is 0 Å². The first-order valence-electron chi connectivity index (χ1n) is 6.48. The Morgan fingerprint density at radius 1 is 1.32 bits per heavy atom. The highest BCUT2D eigenvalue weighted by Crippen LogP contribution is 2.17. The normalized spacial score (nSPS) is 16.7. The standard InChI is InChI=1S/C12H18F2N4O/c13-10(14)8-18-7-9(11(15)16-18)12(19)17-5-3-1-2-4-6-17/h7,10H,1-6,8H2,(H2,15,16). The number of aromatic nitrogens is 2. The number of hydrogen-bond acceptors (Lipinski definition) is 3. The lowest BCUT2D eigenvalue weighted by atomic mass is 10.2. The average molecular weight is 272 g/mol. The predicted molar refractivity (Wildman–Crippen MR) is 67.0 cm³/mol. The molecular formula is C12H18F2N4O. The van der Waals surface area contributed by atoms with Crippen molar-refractivity contribution in [2.45, 2.75) is 38.7 Å². The van der Waals surface area contributed by atoms with Crippen molar-refractivity contribution >= 4 is 11.7 Å². The molecule has 1 fully saturated rings. The number of halogens is 2. The van der Waals surface area contributed by atoms with Gasteiger partial charge in [-0.05, 0) is 12.8 Å². The van der Waals surface area contributed by atoms with Crippen LogP contribution in [0.25, 0.3) is 0 Å². The topological polar surface area (TPSA) is 64.1 Å². The molecule has 0 saturated carbocycles. The summed E-state index contributed by atoms with van der Waals surface area (Å²) in [4.78, 5) is 14.0. The largest absolute Gasteiger partial charge is 0.382 e. The molecule has 0 bridgehead atoms. The molecule has 0 aromatic carbocycles. The second kappa shape index (κ2) is 5.99. The summed E-state index contributed by atoms with van der Waals surface area (Å²) < 4.78 is 25.6. The summed E-state index contributed by atoms with van der Waals surface area (Å²) in [6.45, 7) is 0.841. The number of carbonyl (C=O) groups is 1. The van der Waals surface area contributed by atoms with Crippen LogP contribution in [0.3, 0.4) is 0 Å². The first kappa shape index (κ1) is 13.8. The number of hydrogen-bond donors (Lipinski definition) is 1. The predicted octanol–water partition coefficient (Wildman–Crippen LogP) is 1.75. The summed E-state index contributed by atoms with van der Waals surface area (Å²) in [5, 5.41) is 3.76. The summed E-state index contributed by atoms with van der Waals surface area (Å²) in [6, 6.07) is 0. The smallest absolute Gasteiger partial charge is 0.259 e. The first-order chi connectivity index (χ1) is 9.08. The SMILES string of the molecule is Nc1nn(CC(F)F)cc1C(=O)N1CCCCCC1. The molecule has 0 spiro atoms. The molecule has 1 amide bonds. The van der Waals surface area contributed by atoms with Gasteiger partial charge in [0.25, 0.3) is 12.3 Å². The van der Waals surface area contributed by atoms with Crippen molar-refractivity contribution in [3.8, 4) is 0 Å².